The molecule has 0 radical (unpaired) electrons. The van der Waals surface area contributed by atoms with E-state index in [4.69, 9.17) is 0 Å². The highest BCUT2D eigenvalue weighted by atomic mass is 19.1. The maximum absolute atomic E-state index is 13.0. The van der Waals surface area contributed by atoms with Gasteiger partial charge in [0.1, 0.15) is 11.5 Å². The number of ketones is 1. The van der Waals surface area contributed by atoms with Gasteiger partial charge < -0.3 is 0 Å². The molecule has 20 heavy (non-hydrogen) atoms. The van der Waals surface area contributed by atoms with E-state index in [0.29, 0.717) is 23.2 Å². The van der Waals surface area contributed by atoms with Gasteiger partial charge in [-0.25, -0.2) is 9.37 Å². The molecule has 4 heteroatoms. The monoisotopic (exact) mass is 266 g/mol. The van der Waals surface area contributed by atoms with Crippen molar-refractivity contribution in [1.82, 2.24) is 9.97 Å². The third kappa shape index (κ3) is 2.57. The van der Waals surface area contributed by atoms with Crippen molar-refractivity contribution in [3.05, 3.63) is 58.9 Å². The zero-order valence-electron chi connectivity index (χ0n) is 10.7. The Bertz CT molecular complexity index is 744. The molecule has 0 aliphatic heterocycles. The van der Waals surface area contributed by atoms with Crippen LogP contribution in [0, 0.1) is 17.7 Å². The second kappa shape index (κ2) is 5.22. The molecule has 0 atom stereocenters. The number of halogens is 1. The van der Waals surface area contributed by atoms with E-state index in [-0.39, 0.29) is 5.78 Å². The largest absolute Gasteiger partial charge is 0.294 e. The SMILES string of the molecule is O=C1CCCc2nc(C#Cc3cncc(F)c3)ccc21. The fraction of sp³-hybridized carbons (Fsp3) is 0.188. The average molecular weight is 266 g/mol. The highest BCUT2D eigenvalue weighted by Crippen LogP contribution is 2.19. The molecule has 0 bridgehead atoms. The fourth-order valence-corrected chi connectivity index (χ4v) is 2.18. The van der Waals surface area contributed by atoms with E-state index in [2.05, 4.69) is 21.8 Å². The summed E-state index contributed by atoms with van der Waals surface area (Å²) in [6.07, 6.45) is 4.86. The fourth-order valence-electron chi connectivity index (χ4n) is 2.18. The molecule has 98 valence electrons. The molecule has 1 aliphatic rings. The van der Waals surface area contributed by atoms with Gasteiger partial charge in [-0.1, -0.05) is 5.92 Å². The predicted molar refractivity (Wildman–Crippen MR) is 71.7 cm³/mol. The van der Waals surface area contributed by atoms with Crippen molar-refractivity contribution in [2.75, 3.05) is 0 Å². The summed E-state index contributed by atoms with van der Waals surface area (Å²) in [5, 5.41) is 0. The van der Waals surface area contributed by atoms with Gasteiger partial charge in [0.15, 0.2) is 5.78 Å². The zero-order valence-corrected chi connectivity index (χ0v) is 10.7. The van der Waals surface area contributed by atoms with Gasteiger partial charge in [0.05, 0.1) is 11.9 Å². The molecule has 0 spiro atoms. The Kier molecular flexibility index (Phi) is 3.26. The third-order valence-corrected chi connectivity index (χ3v) is 3.13. The number of pyridine rings is 2. The first-order valence-corrected chi connectivity index (χ1v) is 6.38. The van der Waals surface area contributed by atoms with Gasteiger partial charge in [-0.05, 0) is 37.0 Å². The van der Waals surface area contributed by atoms with E-state index in [0.717, 1.165) is 24.7 Å². The summed E-state index contributed by atoms with van der Waals surface area (Å²) in [5.41, 5.74) is 2.60. The van der Waals surface area contributed by atoms with Gasteiger partial charge in [0, 0.05) is 23.7 Å². The molecule has 0 fully saturated rings. The maximum atomic E-state index is 13.0. The second-order valence-corrected chi connectivity index (χ2v) is 4.61. The first-order valence-electron chi connectivity index (χ1n) is 6.38. The standard InChI is InChI=1S/C16H11FN2O/c17-12-8-11(9-18-10-12)4-5-13-6-7-14-15(19-13)2-1-3-16(14)20/h6-10H,1-3H2. The van der Waals surface area contributed by atoms with E-state index in [1.807, 2.05) is 0 Å². The van der Waals surface area contributed by atoms with Crippen LogP contribution in [0.1, 0.15) is 40.2 Å². The lowest BCUT2D eigenvalue weighted by molar-refractivity contribution is 0.0971. The third-order valence-electron chi connectivity index (χ3n) is 3.13. The molecule has 2 aromatic rings. The van der Waals surface area contributed by atoms with E-state index < -0.39 is 5.82 Å². The Morgan fingerprint density at radius 2 is 2.05 bits per heavy atom. The van der Waals surface area contributed by atoms with Crippen molar-refractivity contribution in [3.63, 3.8) is 0 Å². The van der Waals surface area contributed by atoms with E-state index >= 15 is 0 Å². The lowest BCUT2D eigenvalue weighted by Crippen LogP contribution is -2.12. The highest BCUT2D eigenvalue weighted by Gasteiger charge is 2.17. The number of aryl methyl sites for hydroxylation is 1. The molecule has 0 unspecified atom stereocenters. The number of carbonyl (C=O) groups is 1. The number of fused-ring (bicyclic) bond motifs is 1. The van der Waals surface area contributed by atoms with Gasteiger partial charge in [-0.3, -0.25) is 9.78 Å². The van der Waals surface area contributed by atoms with Crippen LogP contribution in [-0.4, -0.2) is 15.8 Å². The number of nitrogens with zero attached hydrogens (tertiary/aromatic N) is 2. The van der Waals surface area contributed by atoms with Crippen LogP contribution in [0.25, 0.3) is 0 Å². The summed E-state index contributed by atoms with van der Waals surface area (Å²) >= 11 is 0. The van der Waals surface area contributed by atoms with Crippen LogP contribution in [-0.2, 0) is 6.42 Å². The number of rotatable bonds is 0. The summed E-state index contributed by atoms with van der Waals surface area (Å²) < 4.78 is 13.0. The maximum Gasteiger partial charge on any atom is 0.164 e. The molecule has 1 aliphatic carbocycles. The first kappa shape index (κ1) is 12.5. The van der Waals surface area contributed by atoms with Gasteiger partial charge >= 0.3 is 0 Å². The van der Waals surface area contributed by atoms with Crippen LogP contribution in [0.15, 0.2) is 30.6 Å². The number of Topliss-reactive ketones (excluding diaryl/α,β-unsaturated/α-hetero) is 1. The molecular weight excluding hydrogens is 255 g/mol. The van der Waals surface area contributed by atoms with Crippen LogP contribution in [0.3, 0.4) is 0 Å². The van der Waals surface area contributed by atoms with Crippen molar-refractivity contribution in [2.45, 2.75) is 19.3 Å². The summed E-state index contributed by atoms with van der Waals surface area (Å²) in [4.78, 5) is 19.8. The van der Waals surface area contributed by atoms with Crippen molar-refractivity contribution in [1.29, 1.82) is 0 Å². The van der Waals surface area contributed by atoms with Crippen molar-refractivity contribution in [3.8, 4) is 11.8 Å². The van der Waals surface area contributed by atoms with Crippen molar-refractivity contribution in [2.24, 2.45) is 0 Å². The lowest BCUT2D eigenvalue weighted by atomic mass is 9.94. The summed E-state index contributed by atoms with van der Waals surface area (Å²) in [6.45, 7) is 0. The second-order valence-electron chi connectivity index (χ2n) is 4.61. The van der Waals surface area contributed by atoms with Gasteiger partial charge in [-0.2, -0.15) is 0 Å². The Hall–Kier alpha value is -2.54. The van der Waals surface area contributed by atoms with E-state index in [9.17, 15) is 9.18 Å². The number of carbonyl (C=O) groups excluding carboxylic acids is 1. The Labute approximate surface area is 115 Å². The van der Waals surface area contributed by atoms with Crippen LogP contribution >= 0.6 is 0 Å². The average Bonchev–Trinajstić information content (AvgIpc) is 2.45. The molecule has 0 amide bonds. The Morgan fingerprint density at radius 3 is 2.90 bits per heavy atom. The minimum atomic E-state index is -0.416. The minimum absolute atomic E-state index is 0.146. The first-order chi connectivity index (χ1) is 9.72. The molecule has 0 saturated heterocycles. The molecule has 2 heterocycles. The van der Waals surface area contributed by atoms with Crippen LogP contribution in [0.5, 0.6) is 0 Å². The normalized spacial score (nSPS) is 13.3. The number of hydrogen-bond acceptors (Lipinski definition) is 3. The quantitative estimate of drug-likeness (QED) is 0.688. The van der Waals surface area contributed by atoms with Gasteiger partial charge in [-0.15, -0.1) is 0 Å². The molecule has 3 rings (SSSR count). The number of hydrogen-bond donors (Lipinski definition) is 0. The topological polar surface area (TPSA) is 42.9 Å². The molecule has 0 aromatic carbocycles. The summed E-state index contributed by atoms with van der Waals surface area (Å²) in [6, 6.07) is 4.82. The predicted octanol–water partition coefficient (Wildman–Crippen LogP) is 2.53. The van der Waals surface area contributed by atoms with Crippen LogP contribution < -0.4 is 0 Å². The molecule has 0 saturated carbocycles. The van der Waals surface area contributed by atoms with Gasteiger partial charge in [0.2, 0.25) is 0 Å². The van der Waals surface area contributed by atoms with Crippen LogP contribution in [0.4, 0.5) is 4.39 Å². The molecule has 2 aromatic heterocycles. The summed E-state index contributed by atoms with van der Waals surface area (Å²) in [5.74, 6) is 5.42. The molecule has 3 nitrogen and oxygen atoms in total. The molecular formula is C16H11FN2O. The van der Waals surface area contributed by atoms with E-state index in [1.165, 1.54) is 12.3 Å². The van der Waals surface area contributed by atoms with Crippen molar-refractivity contribution >= 4 is 5.78 Å². The van der Waals surface area contributed by atoms with E-state index in [1.54, 1.807) is 12.1 Å². The van der Waals surface area contributed by atoms with Crippen LogP contribution in [0.2, 0.25) is 0 Å². The lowest BCUT2D eigenvalue weighted by Gasteiger charge is -2.12. The summed E-state index contributed by atoms with van der Waals surface area (Å²) in [7, 11) is 0. The Morgan fingerprint density at radius 1 is 1.15 bits per heavy atom. The smallest absolute Gasteiger partial charge is 0.164 e. The Balaban J connectivity index is 1.91. The van der Waals surface area contributed by atoms with Gasteiger partial charge in [0.25, 0.3) is 0 Å². The zero-order chi connectivity index (χ0) is 13.9. The number of aromatic nitrogens is 2. The van der Waals surface area contributed by atoms with Crippen molar-refractivity contribution < 1.29 is 9.18 Å². The molecule has 0 N–H and O–H groups in total. The highest BCUT2D eigenvalue weighted by molar-refractivity contribution is 5.98. The minimum Gasteiger partial charge on any atom is -0.294 e.